The second-order valence-electron chi connectivity index (χ2n) is 8.17. The number of benzene rings is 4. The molecule has 0 saturated heterocycles. The summed E-state index contributed by atoms with van der Waals surface area (Å²) >= 11 is 1.47. The zero-order chi connectivity index (χ0) is 25.1. The van der Waals surface area contributed by atoms with Crippen molar-refractivity contribution in [3.8, 4) is 11.1 Å². The number of thioether (sulfide) groups is 1. The van der Waals surface area contributed by atoms with Gasteiger partial charge in [0.2, 0.25) is 0 Å². The van der Waals surface area contributed by atoms with Crippen LogP contribution in [0.15, 0.2) is 113 Å². The quantitative estimate of drug-likeness (QED) is 0.287. The smallest absolute Gasteiger partial charge is 0.267 e. The third-order valence-electron chi connectivity index (χ3n) is 5.85. The van der Waals surface area contributed by atoms with Crippen LogP contribution in [0.25, 0.3) is 22.2 Å². The van der Waals surface area contributed by atoms with Gasteiger partial charge in [0.1, 0.15) is 5.52 Å². The van der Waals surface area contributed by atoms with Crippen LogP contribution in [0.5, 0.6) is 0 Å². The first-order valence-electron chi connectivity index (χ1n) is 11.3. The molecule has 0 unspecified atom stereocenters. The monoisotopic (exact) mass is 513 g/mol. The molecule has 4 aromatic carbocycles. The summed E-state index contributed by atoms with van der Waals surface area (Å²) in [4.78, 5) is 17.8. The fourth-order valence-corrected chi connectivity index (χ4v) is 5.62. The average Bonchev–Trinajstić information content (AvgIpc) is 3.27. The summed E-state index contributed by atoms with van der Waals surface area (Å²) in [5, 5.41) is 0.739. The molecule has 1 heterocycles. The molecule has 1 amide bonds. The van der Waals surface area contributed by atoms with Crippen molar-refractivity contribution < 1.29 is 13.2 Å². The maximum Gasteiger partial charge on any atom is 0.267 e. The first kappa shape index (κ1) is 23.8. The number of amides is 1. The van der Waals surface area contributed by atoms with Crippen molar-refractivity contribution in [3.63, 3.8) is 0 Å². The van der Waals surface area contributed by atoms with E-state index in [1.807, 2.05) is 35.1 Å². The fourth-order valence-electron chi connectivity index (χ4n) is 4.07. The van der Waals surface area contributed by atoms with Crippen LogP contribution in [-0.4, -0.2) is 30.1 Å². The van der Waals surface area contributed by atoms with E-state index >= 15 is 0 Å². The zero-order valence-electron chi connectivity index (χ0n) is 19.5. The van der Waals surface area contributed by atoms with Crippen LogP contribution in [0, 0.1) is 0 Å². The number of fused-ring (bicyclic) bond motifs is 1. The molecule has 0 radical (unpaired) electrons. The minimum absolute atomic E-state index is 0.0276. The van der Waals surface area contributed by atoms with Crippen LogP contribution in [0.1, 0.15) is 15.9 Å². The third kappa shape index (κ3) is 4.78. The van der Waals surface area contributed by atoms with Gasteiger partial charge in [0.05, 0.1) is 22.5 Å². The number of aromatic nitrogens is 2. The Labute approximate surface area is 214 Å². The van der Waals surface area contributed by atoms with Crippen molar-refractivity contribution in [2.75, 3.05) is 6.26 Å². The Balaban J connectivity index is 1.46. The molecule has 0 bridgehead atoms. The number of nitrogens with zero attached hydrogens (tertiary/aromatic N) is 2. The summed E-state index contributed by atoms with van der Waals surface area (Å²) in [5.41, 5.74) is 4.81. The van der Waals surface area contributed by atoms with Crippen LogP contribution in [-0.2, 0) is 16.6 Å². The highest BCUT2D eigenvalue weighted by molar-refractivity contribution is 7.98. The molecule has 180 valence electrons. The van der Waals surface area contributed by atoms with E-state index in [0.29, 0.717) is 12.1 Å². The highest BCUT2D eigenvalue weighted by Gasteiger charge is 2.22. The van der Waals surface area contributed by atoms with Gasteiger partial charge in [-0.2, -0.15) is 0 Å². The van der Waals surface area contributed by atoms with E-state index in [0.717, 1.165) is 27.4 Å². The van der Waals surface area contributed by atoms with Crippen LogP contribution < -0.4 is 4.72 Å². The minimum atomic E-state index is -4.00. The Hall–Kier alpha value is -3.88. The molecular formula is C28H23N3O3S2. The van der Waals surface area contributed by atoms with Crippen molar-refractivity contribution >= 4 is 38.7 Å². The minimum Gasteiger partial charge on any atom is -0.314 e. The van der Waals surface area contributed by atoms with E-state index in [-0.39, 0.29) is 10.5 Å². The van der Waals surface area contributed by atoms with E-state index in [9.17, 15) is 13.2 Å². The molecule has 0 atom stereocenters. The Kier molecular flexibility index (Phi) is 6.63. The molecule has 1 aromatic heterocycles. The Morgan fingerprint density at radius 3 is 2.14 bits per heavy atom. The summed E-state index contributed by atoms with van der Waals surface area (Å²) < 4.78 is 29.6. The number of para-hydroxylation sites is 1. The third-order valence-corrected chi connectivity index (χ3v) is 7.88. The fraction of sp³-hybridized carbons (Fsp3) is 0.0714. The number of hydrogen-bond acceptors (Lipinski definition) is 5. The molecule has 0 spiro atoms. The Morgan fingerprint density at radius 2 is 1.47 bits per heavy atom. The highest BCUT2D eigenvalue weighted by Crippen LogP contribution is 2.27. The lowest BCUT2D eigenvalue weighted by Crippen LogP contribution is -2.30. The molecule has 6 nitrogen and oxygen atoms in total. The summed E-state index contributed by atoms with van der Waals surface area (Å²) in [6, 6.07) is 31.6. The number of imidazole rings is 1. The van der Waals surface area contributed by atoms with E-state index in [4.69, 9.17) is 0 Å². The predicted octanol–water partition coefficient (Wildman–Crippen LogP) is 5.59. The molecular weight excluding hydrogens is 490 g/mol. The van der Waals surface area contributed by atoms with Gasteiger partial charge < -0.3 is 4.57 Å². The van der Waals surface area contributed by atoms with Crippen molar-refractivity contribution in [1.29, 1.82) is 0 Å². The molecule has 5 aromatic rings. The van der Waals surface area contributed by atoms with Gasteiger partial charge in [0.25, 0.3) is 15.9 Å². The van der Waals surface area contributed by atoms with Gasteiger partial charge in [-0.15, -0.1) is 0 Å². The predicted molar refractivity (Wildman–Crippen MR) is 144 cm³/mol. The van der Waals surface area contributed by atoms with Gasteiger partial charge in [-0.3, -0.25) is 4.79 Å². The molecule has 8 heteroatoms. The molecule has 0 aliphatic heterocycles. The topological polar surface area (TPSA) is 81.1 Å². The molecule has 1 N–H and O–H groups in total. The number of rotatable bonds is 7. The summed E-state index contributed by atoms with van der Waals surface area (Å²) in [6.07, 6.45) is 1.93. The normalized spacial score (nSPS) is 11.5. The second kappa shape index (κ2) is 10.0. The Bertz CT molecular complexity index is 1630. The van der Waals surface area contributed by atoms with Gasteiger partial charge in [-0.1, -0.05) is 90.6 Å². The van der Waals surface area contributed by atoms with E-state index in [1.54, 1.807) is 30.3 Å². The molecule has 0 fully saturated rings. The maximum absolute atomic E-state index is 13.0. The van der Waals surface area contributed by atoms with Gasteiger partial charge in [-0.25, -0.2) is 18.1 Å². The second-order valence-corrected chi connectivity index (χ2v) is 10.6. The zero-order valence-corrected chi connectivity index (χ0v) is 21.1. The van der Waals surface area contributed by atoms with Crippen LogP contribution in [0.4, 0.5) is 0 Å². The van der Waals surface area contributed by atoms with Crippen molar-refractivity contribution in [3.05, 3.63) is 114 Å². The van der Waals surface area contributed by atoms with Crippen molar-refractivity contribution in [2.24, 2.45) is 0 Å². The van der Waals surface area contributed by atoms with Crippen LogP contribution in [0.2, 0.25) is 0 Å². The number of carbonyl (C=O) groups excluding carboxylic acids is 1. The van der Waals surface area contributed by atoms with Gasteiger partial charge in [0, 0.05) is 0 Å². The van der Waals surface area contributed by atoms with Gasteiger partial charge >= 0.3 is 0 Å². The first-order valence-corrected chi connectivity index (χ1v) is 14.0. The first-order chi connectivity index (χ1) is 17.5. The number of sulfonamides is 1. The van der Waals surface area contributed by atoms with Crippen molar-refractivity contribution in [2.45, 2.75) is 16.6 Å². The van der Waals surface area contributed by atoms with E-state index < -0.39 is 15.9 Å². The maximum atomic E-state index is 13.0. The number of hydrogen-bond donors (Lipinski definition) is 1. The number of carbonyl (C=O) groups is 1. The van der Waals surface area contributed by atoms with E-state index in [1.165, 1.54) is 23.9 Å². The lowest BCUT2D eigenvalue weighted by atomic mass is 10.0. The summed E-state index contributed by atoms with van der Waals surface area (Å²) in [6.45, 7) is 0.565. The molecule has 0 saturated carbocycles. The van der Waals surface area contributed by atoms with Gasteiger partial charge in [0.15, 0.2) is 5.16 Å². The highest BCUT2D eigenvalue weighted by atomic mass is 32.2. The Morgan fingerprint density at radius 1 is 0.833 bits per heavy atom. The molecule has 5 rings (SSSR count). The molecule has 0 aliphatic rings. The van der Waals surface area contributed by atoms with Gasteiger partial charge in [-0.05, 0) is 47.2 Å². The summed E-state index contributed by atoms with van der Waals surface area (Å²) in [5.74, 6) is -0.714. The van der Waals surface area contributed by atoms with Crippen molar-refractivity contribution in [1.82, 2.24) is 14.3 Å². The lowest BCUT2D eigenvalue weighted by Gasteiger charge is -2.10. The van der Waals surface area contributed by atoms with E-state index in [2.05, 4.69) is 46.1 Å². The number of nitrogens with one attached hydrogen (secondary N) is 1. The lowest BCUT2D eigenvalue weighted by molar-refractivity contribution is 0.0983. The van der Waals surface area contributed by atoms with Crippen LogP contribution in [0.3, 0.4) is 0 Å². The largest absolute Gasteiger partial charge is 0.314 e. The standard InChI is InChI=1S/C28H23N3O3S2/c1-35-28-29-26-24(27(32)30-36(33,34)23-11-6-3-7-12-23)13-8-14-25(26)31(28)19-20-15-17-22(18-16-20)21-9-4-2-5-10-21/h2-18H,19H2,1H3,(H,30,32). The average molecular weight is 514 g/mol. The molecule has 36 heavy (non-hydrogen) atoms. The molecule has 0 aliphatic carbocycles. The SMILES string of the molecule is CSc1nc2c(C(=O)NS(=O)(=O)c3ccccc3)cccc2n1Cc1ccc(-c2ccccc2)cc1. The van der Waals surface area contributed by atoms with Crippen LogP contribution >= 0.6 is 11.8 Å². The summed E-state index contributed by atoms with van der Waals surface area (Å²) in [7, 11) is -4.00.